The number of ether oxygens (including phenoxy) is 2. The van der Waals surface area contributed by atoms with Crippen LogP contribution < -0.4 is 9.47 Å². The first-order chi connectivity index (χ1) is 9.76. The van der Waals surface area contributed by atoms with Crippen LogP contribution in [-0.4, -0.2) is 23.0 Å². The Morgan fingerprint density at radius 1 is 1.10 bits per heavy atom. The fraction of sp³-hybridized carbons (Fsp3) is 0.0667. The van der Waals surface area contributed by atoms with Gasteiger partial charge in [0.25, 0.3) is 0 Å². The smallest absolute Gasteiger partial charge is 0.343 e. The van der Waals surface area contributed by atoms with Gasteiger partial charge in [-0.25, -0.2) is 9.78 Å². The molecule has 0 fully saturated rings. The summed E-state index contributed by atoms with van der Waals surface area (Å²) in [4.78, 5) is 19.1. The summed E-state index contributed by atoms with van der Waals surface area (Å²) in [5.41, 5.74) is 2.12. The fourth-order valence-corrected chi connectivity index (χ4v) is 1.87. The Bertz CT molecular complexity index is 747. The van der Waals surface area contributed by atoms with E-state index < -0.39 is 5.97 Å². The summed E-state index contributed by atoms with van der Waals surface area (Å²) in [5.74, 6) is 0.759. The van der Waals surface area contributed by atoms with Gasteiger partial charge in [-0.1, -0.05) is 0 Å². The van der Waals surface area contributed by atoms with Crippen molar-refractivity contribution < 1.29 is 14.3 Å². The Hall–Kier alpha value is -2.82. The molecule has 0 bridgehead atoms. The van der Waals surface area contributed by atoms with Crippen molar-refractivity contribution in [3.05, 3.63) is 54.4 Å². The van der Waals surface area contributed by atoms with Gasteiger partial charge in [0, 0.05) is 6.07 Å². The van der Waals surface area contributed by atoms with Crippen LogP contribution in [0.3, 0.4) is 0 Å². The second kappa shape index (κ2) is 5.05. The van der Waals surface area contributed by atoms with Gasteiger partial charge in [-0.3, -0.25) is 0 Å². The molecule has 20 heavy (non-hydrogen) atoms. The Labute approximate surface area is 115 Å². The number of carbonyl (C=O) groups is 1. The highest BCUT2D eigenvalue weighted by molar-refractivity contribution is 5.91. The van der Waals surface area contributed by atoms with E-state index >= 15 is 0 Å². The third-order valence-electron chi connectivity index (χ3n) is 2.93. The first-order valence-electron chi connectivity index (χ1n) is 6.05. The summed E-state index contributed by atoms with van der Waals surface area (Å²) in [6, 6.07) is 12.0. The number of benzene rings is 2. The van der Waals surface area contributed by atoms with E-state index in [1.165, 1.54) is 0 Å². The van der Waals surface area contributed by atoms with Gasteiger partial charge in [-0.05, 0) is 36.4 Å². The average molecular weight is 268 g/mol. The number of aromatic amines is 1. The van der Waals surface area contributed by atoms with Gasteiger partial charge >= 0.3 is 5.97 Å². The van der Waals surface area contributed by atoms with Crippen molar-refractivity contribution in [1.82, 2.24) is 9.97 Å². The maximum Gasteiger partial charge on any atom is 0.343 e. The second-order valence-electron chi connectivity index (χ2n) is 4.20. The number of nitrogens with zero attached hydrogens (tertiary/aromatic N) is 1. The Balaban J connectivity index is 1.80. The molecule has 0 aliphatic heterocycles. The minimum absolute atomic E-state index is 0.411. The van der Waals surface area contributed by atoms with E-state index in [1.807, 2.05) is 0 Å². The quantitative estimate of drug-likeness (QED) is 0.586. The number of H-pyrrole nitrogens is 1. The molecule has 1 aromatic heterocycles. The molecule has 0 unspecified atom stereocenters. The molecule has 0 saturated heterocycles. The van der Waals surface area contributed by atoms with Gasteiger partial charge in [0.05, 0.1) is 30.0 Å². The number of hydrogen-bond donors (Lipinski definition) is 1. The van der Waals surface area contributed by atoms with Crippen LogP contribution in [0.25, 0.3) is 11.0 Å². The molecule has 3 rings (SSSR count). The van der Waals surface area contributed by atoms with Gasteiger partial charge in [0.1, 0.15) is 11.5 Å². The lowest BCUT2D eigenvalue weighted by molar-refractivity contribution is 0.0735. The van der Waals surface area contributed by atoms with Crippen LogP contribution in [0.5, 0.6) is 11.5 Å². The lowest BCUT2D eigenvalue weighted by atomic mass is 10.2. The van der Waals surface area contributed by atoms with E-state index in [0.29, 0.717) is 17.1 Å². The molecule has 0 radical (unpaired) electrons. The van der Waals surface area contributed by atoms with E-state index in [2.05, 4.69) is 9.97 Å². The minimum atomic E-state index is -0.411. The number of methoxy groups -OCH3 is 1. The largest absolute Gasteiger partial charge is 0.497 e. The third kappa shape index (κ3) is 2.33. The normalized spacial score (nSPS) is 10.4. The zero-order valence-corrected chi connectivity index (χ0v) is 10.8. The van der Waals surface area contributed by atoms with Crippen molar-refractivity contribution in [3.63, 3.8) is 0 Å². The lowest BCUT2D eigenvalue weighted by Crippen LogP contribution is -2.08. The van der Waals surface area contributed by atoms with Crippen molar-refractivity contribution in [2.75, 3.05) is 7.11 Å². The average Bonchev–Trinajstić information content (AvgIpc) is 2.95. The number of imidazole rings is 1. The molecular formula is C15H12N2O3. The molecule has 1 N–H and O–H groups in total. The highest BCUT2D eigenvalue weighted by Gasteiger charge is 2.09. The Morgan fingerprint density at radius 2 is 1.85 bits per heavy atom. The molecule has 5 nitrogen and oxygen atoms in total. The van der Waals surface area contributed by atoms with Crippen molar-refractivity contribution in [1.29, 1.82) is 0 Å². The first kappa shape index (κ1) is 12.2. The Kier molecular flexibility index (Phi) is 3.09. The lowest BCUT2D eigenvalue weighted by Gasteiger charge is -2.05. The van der Waals surface area contributed by atoms with Crippen molar-refractivity contribution in [2.45, 2.75) is 0 Å². The number of nitrogens with one attached hydrogen (secondary N) is 1. The molecule has 0 amide bonds. The zero-order chi connectivity index (χ0) is 13.9. The highest BCUT2D eigenvalue weighted by atomic mass is 16.5. The molecular weight excluding hydrogens is 256 g/mol. The monoisotopic (exact) mass is 268 g/mol. The van der Waals surface area contributed by atoms with E-state index in [9.17, 15) is 4.79 Å². The molecule has 0 saturated carbocycles. The van der Waals surface area contributed by atoms with Crippen molar-refractivity contribution in [3.8, 4) is 11.5 Å². The maximum absolute atomic E-state index is 12.0. The third-order valence-corrected chi connectivity index (χ3v) is 2.93. The van der Waals surface area contributed by atoms with E-state index in [1.54, 1.807) is 55.9 Å². The molecule has 0 aliphatic carbocycles. The molecule has 0 spiro atoms. The number of aromatic nitrogens is 2. The molecule has 3 aromatic rings. The van der Waals surface area contributed by atoms with Gasteiger partial charge in [-0.15, -0.1) is 0 Å². The van der Waals surface area contributed by atoms with E-state index in [-0.39, 0.29) is 0 Å². The molecule has 0 aliphatic rings. The molecule has 1 heterocycles. The maximum atomic E-state index is 12.0. The van der Waals surface area contributed by atoms with Crippen LogP contribution >= 0.6 is 0 Å². The van der Waals surface area contributed by atoms with Gasteiger partial charge in [0.2, 0.25) is 0 Å². The summed E-state index contributed by atoms with van der Waals surface area (Å²) in [6.07, 6.45) is 1.60. The molecule has 0 atom stereocenters. The first-order valence-corrected chi connectivity index (χ1v) is 6.05. The van der Waals surface area contributed by atoms with Crippen LogP contribution in [-0.2, 0) is 0 Å². The van der Waals surface area contributed by atoms with Crippen molar-refractivity contribution >= 4 is 17.0 Å². The van der Waals surface area contributed by atoms with Crippen LogP contribution in [0, 0.1) is 0 Å². The standard InChI is InChI=1S/C15H12N2O3/c1-19-11-4-2-10(3-5-11)15(18)20-12-6-7-13-14(8-12)17-9-16-13/h2-9H,1H3,(H,16,17). The van der Waals surface area contributed by atoms with Gasteiger partial charge in [-0.2, -0.15) is 0 Å². The van der Waals surface area contributed by atoms with E-state index in [0.717, 1.165) is 11.0 Å². The van der Waals surface area contributed by atoms with Gasteiger partial charge < -0.3 is 14.5 Å². The number of esters is 1. The van der Waals surface area contributed by atoms with Crippen LogP contribution in [0.4, 0.5) is 0 Å². The predicted molar refractivity (Wildman–Crippen MR) is 74.0 cm³/mol. The number of hydrogen-bond acceptors (Lipinski definition) is 4. The molecule has 100 valence electrons. The predicted octanol–water partition coefficient (Wildman–Crippen LogP) is 2.79. The van der Waals surface area contributed by atoms with E-state index in [4.69, 9.17) is 9.47 Å². The van der Waals surface area contributed by atoms with Crippen LogP contribution in [0.2, 0.25) is 0 Å². The summed E-state index contributed by atoms with van der Waals surface area (Å²) >= 11 is 0. The zero-order valence-electron chi connectivity index (χ0n) is 10.8. The highest BCUT2D eigenvalue weighted by Crippen LogP contribution is 2.19. The molecule has 2 aromatic carbocycles. The molecule has 5 heteroatoms. The minimum Gasteiger partial charge on any atom is -0.497 e. The van der Waals surface area contributed by atoms with Crippen LogP contribution in [0.1, 0.15) is 10.4 Å². The number of carbonyl (C=O) groups excluding carboxylic acids is 1. The van der Waals surface area contributed by atoms with Crippen LogP contribution in [0.15, 0.2) is 48.8 Å². The Morgan fingerprint density at radius 3 is 2.60 bits per heavy atom. The van der Waals surface area contributed by atoms with Gasteiger partial charge in [0.15, 0.2) is 0 Å². The topological polar surface area (TPSA) is 64.2 Å². The summed E-state index contributed by atoms with van der Waals surface area (Å²) in [6.45, 7) is 0. The summed E-state index contributed by atoms with van der Waals surface area (Å²) in [7, 11) is 1.58. The fourth-order valence-electron chi connectivity index (χ4n) is 1.87. The van der Waals surface area contributed by atoms with Crippen molar-refractivity contribution in [2.24, 2.45) is 0 Å². The number of fused-ring (bicyclic) bond motifs is 1. The summed E-state index contributed by atoms with van der Waals surface area (Å²) < 4.78 is 10.4. The SMILES string of the molecule is COc1ccc(C(=O)Oc2ccc3nc[nH]c3c2)cc1. The second-order valence-corrected chi connectivity index (χ2v) is 4.20. The number of rotatable bonds is 3. The summed E-state index contributed by atoms with van der Waals surface area (Å²) in [5, 5.41) is 0.